The van der Waals surface area contributed by atoms with E-state index in [0.717, 1.165) is 11.3 Å². The third kappa shape index (κ3) is 7.09. The topological polar surface area (TPSA) is 143 Å². The van der Waals surface area contributed by atoms with Gasteiger partial charge in [0.05, 0.1) is 28.9 Å². The van der Waals surface area contributed by atoms with Gasteiger partial charge in [0.15, 0.2) is 6.61 Å². The van der Waals surface area contributed by atoms with Gasteiger partial charge in [0.25, 0.3) is 15.9 Å². The Hall–Kier alpha value is -3.32. The summed E-state index contributed by atoms with van der Waals surface area (Å²) in [5.41, 5.74) is 2.52. The van der Waals surface area contributed by atoms with Gasteiger partial charge in [0.2, 0.25) is 0 Å². The molecule has 3 N–H and O–H groups in total. The van der Waals surface area contributed by atoms with Gasteiger partial charge in [-0.15, -0.1) is 11.3 Å². The molecule has 0 aliphatic heterocycles. The summed E-state index contributed by atoms with van der Waals surface area (Å²) in [5.74, 6) is -1.35. The molecule has 0 saturated heterocycles. The van der Waals surface area contributed by atoms with E-state index in [1.54, 1.807) is 12.1 Å². The number of carboxylic acids is 1. The van der Waals surface area contributed by atoms with Crippen molar-refractivity contribution in [1.29, 1.82) is 0 Å². The molecule has 1 amide bonds. The number of carbonyl (C=O) groups excluding carboxylic acids is 1. The van der Waals surface area contributed by atoms with Crippen LogP contribution in [0.2, 0.25) is 9.36 Å². The average molecular weight is 558 g/mol. The van der Waals surface area contributed by atoms with Gasteiger partial charge >= 0.3 is 5.97 Å². The number of thiophene rings is 1. The highest BCUT2D eigenvalue weighted by atomic mass is 35.5. The Morgan fingerprint density at radius 1 is 1.14 bits per heavy atom. The summed E-state index contributed by atoms with van der Waals surface area (Å²) in [6.07, 6.45) is 1.23. The van der Waals surface area contributed by atoms with Crippen molar-refractivity contribution in [3.05, 3.63) is 69.0 Å². The lowest BCUT2D eigenvalue weighted by molar-refractivity contribution is -0.139. The first kappa shape index (κ1) is 26.3. The van der Waals surface area contributed by atoms with Crippen LogP contribution >= 0.6 is 34.5 Å². The highest BCUT2D eigenvalue weighted by molar-refractivity contribution is 7.94. The number of halogens is 2. The number of carboxylic acid groups (broad SMARTS) is 1. The number of sulfonamides is 1. The lowest BCUT2D eigenvalue weighted by Crippen LogP contribution is -2.21. The minimum Gasteiger partial charge on any atom is -0.497 e. The summed E-state index contributed by atoms with van der Waals surface area (Å²) < 4.78 is 38.2. The number of hydrazone groups is 1. The molecule has 2 aromatic carbocycles. The molecule has 35 heavy (non-hydrogen) atoms. The fraction of sp³-hybridized carbons (Fsp3) is 0.0952. The number of hydrogen-bond acceptors (Lipinski definition) is 8. The molecule has 0 aliphatic rings. The van der Waals surface area contributed by atoms with E-state index in [1.165, 1.54) is 49.7 Å². The highest BCUT2D eigenvalue weighted by Crippen LogP contribution is 2.29. The van der Waals surface area contributed by atoms with Gasteiger partial charge in [-0.25, -0.2) is 18.6 Å². The van der Waals surface area contributed by atoms with E-state index in [0.29, 0.717) is 15.6 Å². The van der Waals surface area contributed by atoms with Crippen molar-refractivity contribution in [2.45, 2.75) is 4.21 Å². The Labute approximate surface area is 214 Å². The molecular weight excluding hydrogens is 541 g/mol. The largest absolute Gasteiger partial charge is 0.497 e. The quantitative estimate of drug-likeness (QED) is 0.251. The number of rotatable bonds is 10. The molecule has 14 heteroatoms. The van der Waals surface area contributed by atoms with Crippen molar-refractivity contribution >= 4 is 68.3 Å². The molecule has 1 heterocycles. The normalized spacial score (nSPS) is 11.3. The zero-order valence-electron chi connectivity index (χ0n) is 17.8. The number of amides is 1. The van der Waals surface area contributed by atoms with E-state index in [1.807, 2.05) is 0 Å². The van der Waals surface area contributed by atoms with Crippen LogP contribution < -0.4 is 19.6 Å². The fourth-order valence-electron chi connectivity index (χ4n) is 2.66. The number of ether oxygens (including phenoxy) is 2. The fourth-order valence-corrected chi connectivity index (χ4v) is 5.40. The summed E-state index contributed by atoms with van der Waals surface area (Å²) in [6.45, 7) is -0.595. The van der Waals surface area contributed by atoms with Crippen LogP contribution in [0.3, 0.4) is 0 Å². The first-order valence-electron chi connectivity index (χ1n) is 9.53. The van der Waals surface area contributed by atoms with E-state index in [9.17, 15) is 18.0 Å². The Balaban J connectivity index is 1.81. The van der Waals surface area contributed by atoms with Gasteiger partial charge < -0.3 is 14.6 Å². The van der Waals surface area contributed by atoms with Crippen LogP contribution in [-0.4, -0.2) is 45.3 Å². The molecule has 0 fully saturated rings. The zero-order valence-corrected chi connectivity index (χ0v) is 21.0. The summed E-state index contributed by atoms with van der Waals surface area (Å²) in [5, 5.41) is 12.9. The van der Waals surface area contributed by atoms with Crippen molar-refractivity contribution in [3.8, 4) is 11.5 Å². The molecule has 0 spiro atoms. The number of methoxy groups -OCH3 is 1. The Morgan fingerprint density at radius 3 is 2.57 bits per heavy atom. The maximum absolute atomic E-state index is 12.8. The molecule has 3 rings (SSSR count). The van der Waals surface area contributed by atoms with E-state index in [2.05, 4.69) is 15.2 Å². The van der Waals surface area contributed by atoms with E-state index < -0.39 is 28.5 Å². The van der Waals surface area contributed by atoms with Crippen molar-refractivity contribution in [3.63, 3.8) is 0 Å². The first-order valence-corrected chi connectivity index (χ1v) is 12.6. The van der Waals surface area contributed by atoms with Crippen LogP contribution in [0.4, 0.5) is 5.69 Å². The number of hydrogen-bond donors (Lipinski definition) is 3. The molecule has 3 aromatic rings. The molecule has 0 radical (unpaired) electrons. The minimum atomic E-state index is -4.00. The van der Waals surface area contributed by atoms with Gasteiger partial charge in [-0.1, -0.05) is 23.2 Å². The second-order valence-corrected chi connectivity index (χ2v) is 10.7. The van der Waals surface area contributed by atoms with Crippen LogP contribution in [0, 0.1) is 0 Å². The van der Waals surface area contributed by atoms with Crippen LogP contribution in [-0.2, 0) is 14.8 Å². The van der Waals surface area contributed by atoms with Crippen LogP contribution in [0.1, 0.15) is 15.9 Å². The molecule has 0 atom stereocenters. The molecule has 0 saturated carbocycles. The predicted octanol–water partition coefficient (Wildman–Crippen LogP) is 4.09. The van der Waals surface area contributed by atoms with E-state index in [-0.39, 0.29) is 26.2 Å². The number of nitrogens with one attached hydrogen (secondary N) is 2. The number of anilines is 1. The van der Waals surface area contributed by atoms with Crippen molar-refractivity contribution in [2.24, 2.45) is 5.10 Å². The zero-order chi connectivity index (χ0) is 25.6. The van der Waals surface area contributed by atoms with E-state index >= 15 is 0 Å². The number of benzene rings is 2. The van der Waals surface area contributed by atoms with Crippen molar-refractivity contribution < 1.29 is 32.6 Å². The number of nitrogens with zero attached hydrogens (tertiary/aromatic N) is 1. The van der Waals surface area contributed by atoms with Gasteiger partial charge in [0.1, 0.15) is 15.7 Å². The summed E-state index contributed by atoms with van der Waals surface area (Å²) in [7, 11) is -2.57. The van der Waals surface area contributed by atoms with Crippen LogP contribution in [0.5, 0.6) is 11.5 Å². The summed E-state index contributed by atoms with van der Waals surface area (Å²) in [4.78, 5) is 23.6. The van der Waals surface area contributed by atoms with Gasteiger partial charge in [-0.05, 0) is 42.5 Å². The molecular formula is C21H17Cl2N3O7S2. The van der Waals surface area contributed by atoms with Crippen molar-refractivity contribution in [2.75, 3.05) is 18.4 Å². The predicted molar refractivity (Wildman–Crippen MR) is 133 cm³/mol. The molecule has 0 aliphatic carbocycles. The summed E-state index contributed by atoms with van der Waals surface area (Å²) in [6, 6.07) is 11.4. The second-order valence-electron chi connectivity index (χ2n) is 6.64. The van der Waals surface area contributed by atoms with Gasteiger partial charge in [-0.2, -0.15) is 5.10 Å². The maximum Gasteiger partial charge on any atom is 0.341 e. The molecule has 10 nitrogen and oxygen atoms in total. The van der Waals surface area contributed by atoms with Crippen LogP contribution in [0.25, 0.3) is 0 Å². The third-order valence-electron chi connectivity index (χ3n) is 4.23. The van der Waals surface area contributed by atoms with Gasteiger partial charge in [-0.3, -0.25) is 9.52 Å². The lowest BCUT2D eigenvalue weighted by atomic mass is 10.2. The maximum atomic E-state index is 12.8. The Bertz CT molecular complexity index is 1390. The monoisotopic (exact) mass is 557 g/mol. The smallest absolute Gasteiger partial charge is 0.341 e. The second kappa shape index (κ2) is 11.4. The standard InChI is InChI=1S/C21H17Cl2N3O7S2/c1-32-14-4-2-12(17(9-14)33-11-19(27)28)10-24-25-21(29)15-8-13(22)3-5-16(15)26-35(30,31)20-7-6-18(23)34-20/h2-10,26H,11H2,1H3,(H,25,29)(H,27,28)/b24-10-. The van der Waals surface area contributed by atoms with Crippen LogP contribution in [0.15, 0.2) is 57.8 Å². The third-order valence-corrected chi connectivity index (χ3v) is 7.55. The lowest BCUT2D eigenvalue weighted by Gasteiger charge is -2.11. The van der Waals surface area contributed by atoms with E-state index in [4.69, 9.17) is 37.8 Å². The average Bonchev–Trinajstić information content (AvgIpc) is 3.26. The number of carbonyl (C=O) groups is 2. The molecule has 0 unspecified atom stereocenters. The Kier molecular flexibility index (Phi) is 8.57. The molecule has 0 bridgehead atoms. The van der Waals surface area contributed by atoms with Crippen molar-refractivity contribution in [1.82, 2.24) is 5.43 Å². The minimum absolute atomic E-state index is 0.0263. The Morgan fingerprint density at radius 2 is 1.91 bits per heavy atom. The highest BCUT2D eigenvalue weighted by Gasteiger charge is 2.21. The van der Waals surface area contributed by atoms with Gasteiger partial charge in [0, 0.05) is 16.7 Å². The molecule has 184 valence electrons. The molecule has 1 aromatic heterocycles. The summed E-state index contributed by atoms with van der Waals surface area (Å²) >= 11 is 12.7. The first-order chi connectivity index (χ1) is 16.6. The SMILES string of the molecule is COc1ccc(/C=N\NC(=O)c2cc(Cl)ccc2NS(=O)(=O)c2ccc(Cl)s2)c(OCC(=O)O)c1. The number of aliphatic carboxylic acids is 1.